The van der Waals surface area contributed by atoms with E-state index < -0.39 is 0 Å². The van der Waals surface area contributed by atoms with Gasteiger partial charge < -0.3 is 8.98 Å². The van der Waals surface area contributed by atoms with Crippen LogP contribution >= 0.6 is 11.6 Å². The molecule has 156 valence electrons. The Hall–Kier alpha value is -3.15. The molecule has 0 radical (unpaired) electrons. The fourth-order valence-corrected chi connectivity index (χ4v) is 4.43. The van der Waals surface area contributed by atoms with Crippen molar-refractivity contribution in [2.75, 3.05) is 6.54 Å². The van der Waals surface area contributed by atoms with Gasteiger partial charge in [-0.3, -0.25) is 14.7 Å². The van der Waals surface area contributed by atoms with Crippen molar-refractivity contribution in [1.29, 1.82) is 0 Å². The van der Waals surface area contributed by atoms with E-state index in [1.54, 1.807) is 12.5 Å². The molecular weight excluding hydrogens is 410 g/mol. The van der Waals surface area contributed by atoms with Gasteiger partial charge in [0.25, 0.3) is 5.56 Å². The van der Waals surface area contributed by atoms with E-state index in [0.29, 0.717) is 17.1 Å². The first-order chi connectivity index (χ1) is 15.2. The van der Waals surface area contributed by atoms with E-state index in [-0.39, 0.29) is 5.56 Å². The fourth-order valence-electron chi connectivity index (χ4n) is 4.24. The summed E-state index contributed by atoms with van der Waals surface area (Å²) < 4.78 is 7.44. The van der Waals surface area contributed by atoms with Gasteiger partial charge in [0.1, 0.15) is 5.76 Å². The zero-order valence-electron chi connectivity index (χ0n) is 17.0. The Kier molecular flexibility index (Phi) is 5.45. The van der Waals surface area contributed by atoms with E-state index in [2.05, 4.69) is 9.88 Å². The molecule has 4 heterocycles. The SMILES string of the molecule is O=c1c(-c2cccc(Cl)c2)cc2c(n1Cc1cccnc1)CCN(Cc1ccco1)C2. The van der Waals surface area contributed by atoms with Crippen LogP contribution in [0.4, 0.5) is 0 Å². The van der Waals surface area contributed by atoms with Gasteiger partial charge in [0, 0.05) is 48.2 Å². The minimum atomic E-state index is 0.00403. The third-order valence-electron chi connectivity index (χ3n) is 5.71. The Labute approximate surface area is 185 Å². The lowest BCUT2D eigenvalue weighted by Gasteiger charge is -2.30. The monoisotopic (exact) mass is 431 g/mol. The predicted molar refractivity (Wildman–Crippen MR) is 121 cm³/mol. The van der Waals surface area contributed by atoms with E-state index >= 15 is 0 Å². The van der Waals surface area contributed by atoms with Crippen molar-refractivity contribution in [2.24, 2.45) is 0 Å². The highest BCUT2D eigenvalue weighted by molar-refractivity contribution is 6.30. The molecule has 0 aliphatic carbocycles. The number of benzene rings is 1. The molecule has 0 unspecified atom stereocenters. The molecule has 3 aromatic heterocycles. The largest absolute Gasteiger partial charge is 0.468 e. The van der Waals surface area contributed by atoms with Crippen LogP contribution in [-0.4, -0.2) is 21.0 Å². The number of fused-ring (bicyclic) bond motifs is 1. The molecule has 0 atom stereocenters. The topological polar surface area (TPSA) is 51.3 Å². The molecule has 1 aliphatic heterocycles. The van der Waals surface area contributed by atoms with Crippen molar-refractivity contribution in [1.82, 2.24) is 14.5 Å². The summed E-state index contributed by atoms with van der Waals surface area (Å²) in [5.74, 6) is 0.946. The van der Waals surface area contributed by atoms with Crippen LogP contribution in [0.2, 0.25) is 5.02 Å². The van der Waals surface area contributed by atoms with Gasteiger partial charge in [-0.25, -0.2) is 0 Å². The second-order valence-corrected chi connectivity index (χ2v) is 8.27. The normalized spacial score (nSPS) is 13.8. The second kappa shape index (κ2) is 8.53. The van der Waals surface area contributed by atoms with E-state index in [4.69, 9.17) is 16.0 Å². The Morgan fingerprint density at radius 1 is 1.06 bits per heavy atom. The van der Waals surface area contributed by atoms with Crippen LogP contribution < -0.4 is 5.56 Å². The molecule has 5 rings (SSSR count). The van der Waals surface area contributed by atoms with Gasteiger partial charge in [0.05, 0.1) is 19.4 Å². The zero-order chi connectivity index (χ0) is 21.2. The number of rotatable bonds is 5. The summed E-state index contributed by atoms with van der Waals surface area (Å²) in [6.07, 6.45) is 6.07. The standard InChI is InChI=1S/C25H22ClN3O2/c26-21-6-1-5-19(12-21)23-13-20-16-28(17-22-7-3-11-31-22)10-8-24(20)29(25(23)30)15-18-4-2-9-27-14-18/h1-7,9,11-14H,8,10,15-17H2. The first-order valence-electron chi connectivity index (χ1n) is 10.3. The Morgan fingerprint density at radius 3 is 2.77 bits per heavy atom. The van der Waals surface area contributed by atoms with Crippen LogP contribution in [0.1, 0.15) is 22.6 Å². The molecule has 6 heteroatoms. The van der Waals surface area contributed by atoms with Crippen molar-refractivity contribution in [3.8, 4) is 11.1 Å². The summed E-state index contributed by atoms with van der Waals surface area (Å²) in [4.78, 5) is 20.1. The van der Waals surface area contributed by atoms with Crippen molar-refractivity contribution >= 4 is 11.6 Å². The third kappa shape index (κ3) is 4.20. The molecule has 0 N–H and O–H groups in total. The maximum Gasteiger partial charge on any atom is 0.258 e. The van der Waals surface area contributed by atoms with Crippen LogP contribution in [0.5, 0.6) is 0 Å². The quantitative estimate of drug-likeness (QED) is 0.457. The van der Waals surface area contributed by atoms with Gasteiger partial charge in [-0.1, -0.05) is 29.8 Å². The van der Waals surface area contributed by atoms with Gasteiger partial charge in [-0.2, -0.15) is 0 Å². The molecule has 5 nitrogen and oxygen atoms in total. The lowest BCUT2D eigenvalue weighted by Crippen LogP contribution is -2.36. The Bertz CT molecular complexity index is 1250. The minimum Gasteiger partial charge on any atom is -0.468 e. The van der Waals surface area contributed by atoms with E-state index in [1.807, 2.05) is 65.4 Å². The average Bonchev–Trinajstić information content (AvgIpc) is 3.29. The molecule has 31 heavy (non-hydrogen) atoms. The maximum atomic E-state index is 13.6. The molecule has 1 aliphatic rings. The average molecular weight is 432 g/mol. The molecule has 0 saturated heterocycles. The molecular formula is C25H22ClN3O2. The molecule has 0 fully saturated rings. The van der Waals surface area contributed by atoms with Gasteiger partial charge in [-0.15, -0.1) is 0 Å². The fraction of sp³-hybridized carbons (Fsp3) is 0.200. The Balaban J connectivity index is 1.58. The summed E-state index contributed by atoms with van der Waals surface area (Å²) in [7, 11) is 0. The number of hydrogen-bond acceptors (Lipinski definition) is 4. The number of halogens is 1. The molecule has 0 bridgehead atoms. The van der Waals surface area contributed by atoms with Gasteiger partial charge in [-0.05, 0) is 53.1 Å². The van der Waals surface area contributed by atoms with Crippen molar-refractivity contribution < 1.29 is 4.42 Å². The number of pyridine rings is 2. The van der Waals surface area contributed by atoms with Crippen molar-refractivity contribution in [3.05, 3.63) is 111 Å². The zero-order valence-corrected chi connectivity index (χ0v) is 17.8. The highest BCUT2D eigenvalue weighted by Gasteiger charge is 2.23. The summed E-state index contributed by atoms with van der Waals surface area (Å²) in [6.45, 7) is 2.88. The molecule has 0 amide bonds. The third-order valence-corrected chi connectivity index (χ3v) is 5.94. The minimum absolute atomic E-state index is 0.00403. The smallest absolute Gasteiger partial charge is 0.258 e. The summed E-state index contributed by atoms with van der Waals surface area (Å²) >= 11 is 6.23. The first kappa shape index (κ1) is 19.8. The van der Waals surface area contributed by atoms with E-state index in [1.165, 1.54) is 0 Å². The van der Waals surface area contributed by atoms with Crippen LogP contribution in [0.3, 0.4) is 0 Å². The highest BCUT2D eigenvalue weighted by Crippen LogP contribution is 2.26. The predicted octanol–water partition coefficient (Wildman–Crippen LogP) is 4.76. The van der Waals surface area contributed by atoms with Crippen LogP contribution in [0, 0.1) is 0 Å². The molecule has 1 aromatic carbocycles. The van der Waals surface area contributed by atoms with Crippen molar-refractivity contribution in [3.63, 3.8) is 0 Å². The van der Waals surface area contributed by atoms with Crippen LogP contribution in [0.25, 0.3) is 11.1 Å². The number of nitrogens with zero attached hydrogens (tertiary/aromatic N) is 3. The van der Waals surface area contributed by atoms with Crippen LogP contribution in [-0.2, 0) is 26.1 Å². The number of hydrogen-bond donors (Lipinski definition) is 0. The summed E-state index contributed by atoms with van der Waals surface area (Å²) in [5, 5.41) is 0.618. The van der Waals surface area contributed by atoms with E-state index in [0.717, 1.165) is 54.2 Å². The number of furan rings is 1. The second-order valence-electron chi connectivity index (χ2n) is 7.83. The van der Waals surface area contributed by atoms with E-state index in [9.17, 15) is 4.79 Å². The molecule has 0 spiro atoms. The van der Waals surface area contributed by atoms with Gasteiger partial charge in [0.2, 0.25) is 0 Å². The number of aromatic nitrogens is 2. The maximum absolute atomic E-state index is 13.6. The van der Waals surface area contributed by atoms with Crippen molar-refractivity contribution in [2.45, 2.75) is 26.1 Å². The Morgan fingerprint density at radius 2 is 2.00 bits per heavy atom. The summed E-state index contributed by atoms with van der Waals surface area (Å²) in [5.41, 5.74) is 4.78. The van der Waals surface area contributed by atoms with Crippen LogP contribution in [0.15, 0.2) is 82.5 Å². The lowest BCUT2D eigenvalue weighted by atomic mass is 9.98. The molecule has 4 aromatic rings. The van der Waals surface area contributed by atoms with Gasteiger partial charge in [0.15, 0.2) is 0 Å². The highest BCUT2D eigenvalue weighted by atomic mass is 35.5. The van der Waals surface area contributed by atoms with Gasteiger partial charge >= 0.3 is 0 Å². The first-order valence-corrected chi connectivity index (χ1v) is 10.7. The lowest BCUT2D eigenvalue weighted by molar-refractivity contribution is 0.221. The molecule has 0 saturated carbocycles. The summed E-state index contributed by atoms with van der Waals surface area (Å²) in [6, 6.07) is 17.3.